The zero-order valence-corrected chi connectivity index (χ0v) is 31.7. The summed E-state index contributed by atoms with van der Waals surface area (Å²) in [7, 11) is 2.40. The molecular weight excluding hydrogens is 585 g/mol. The maximum atomic E-state index is 10.1. The molecule has 8 heteroatoms. The third-order valence-corrected chi connectivity index (χ3v) is 7.36. The molecule has 0 atom stereocenters. The Bertz CT molecular complexity index is 545. The van der Waals surface area contributed by atoms with Crippen LogP contribution in [-0.4, -0.2) is 51.7 Å². The fourth-order valence-corrected chi connectivity index (χ4v) is 4.85. The summed E-state index contributed by atoms with van der Waals surface area (Å²) in [4.78, 5) is 0. The molecule has 0 heterocycles. The first-order valence-corrected chi connectivity index (χ1v) is 17.4. The molecule has 0 amide bonds. The van der Waals surface area contributed by atoms with Gasteiger partial charge in [-0.15, -0.1) is 0 Å². The van der Waals surface area contributed by atoms with E-state index in [1.807, 2.05) is 0 Å². The first-order chi connectivity index (χ1) is 17.6. The molecule has 5 nitrogen and oxygen atoms in total. The van der Waals surface area contributed by atoms with E-state index < -0.39 is 10.4 Å². The van der Waals surface area contributed by atoms with E-state index in [1.54, 1.807) is 0 Å². The van der Waals surface area contributed by atoms with Crippen molar-refractivity contribution in [3.8, 4) is 0 Å². The Morgan fingerprint density at radius 2 is 0.769 bits per heavy atom. The van der Waals surface area contributed by atoms with Gasteiger partial charge in [0.15, 0.2) is 0 Å². The van der Waals surface area contributed by atoms with Crippen LogP contribution in [0, 0.1) is 0 Å². The average molecular weight is 653 g/mol. The van der Waals surface area contributed by atoms with Crippen molar-refractivity contribution in [2.75, 3.05) is 34.3 Å². The molecule has 0 unspecified atom stereocenters. The Balaban J connectivity index is -0.000000302. The van der Waals surface area contributed by atoms with E-state index in [0.29, 0.717) is 6.42 Å². The Labute approximate surface area is 279 Å². The zero-order chi connectivity index (χ0) is 28.1. The second-order valence-electron chi connectivity index (χ2n) is 12.0. The quantitative estimate of drug-likeness (QED) is 0.0448. The van der Waals surface area contributed by atoms with Crippen LogP contribution in [0.2, 0.25) is 0 Å². The second kappa shape index (κ2) is 35.5. The molecule has 0 bridgehead atoms. The van der Waals surface area contributed by atoms with Gasteiger partial charge < -0.3 is 26.0 Å². The van der Waals surface area contributed by atoms with Crippen LogP contribution in [0.3, 0.4) is 0 Å². The van der Waals surface area contributed by atoms with Gasteiger partial charge in [0.2, 0.25) is 10.4 Å². The normalized spacial score (nSPS) is 11.3. The molecule has 39 heavy (non-hydrogen) atoms. The van der Waals surface area contributed by atoms with E-state index in [0.717, 1.165) is 17.3 Å². The Kier molecular flexibility index (Phi) is 43.0. The molecule has 0 saturated heterocycles. The van der Waals surface area contributed by atoms with E-state index in [-0.39, 0.29) is 53.1 Å². The topological polar surface area (TPSA) is 66.4 Å². The van der Waals surface area contributed by atoms with Gasteiger partial charge in [0, 0.05) is 0 Å². The zero-order valence-electron chi connectivity index (χ0n) is 27.3. The van der Waals surface area contributed by atoms with E-state index in [4.69, 9.17) is 0 Å². The van der Waals surface area contributed by atoms with Crippen LogP contribution < -0.4 is 46.5 Å². The van der Waals surface area contributed by atoms with Crippen LogP contribution in [0.4, 0.5) is 0 Å². The van der Waals surface area contributed by atoms with Gasteiger partial charge in [0.05, 0.1) is 34.3 Å². The third kappa shape index (κ3) is 52.4. The number of nitrogens with zero attached hydrogens (tertiary/aromatic N) is 1. The van der Waals surface area contributed by atoms with Crippen LogP contribution in [-0.2, 0) is 14.6 Å². The van der Waals surface area contributed by atoms with Gasteiger partial charge in [-0.05, 0) is 19.3 Å². The molecule has 0 aromatic heterocycles. The van der Waals surface area contributed by atoms with Gasteiger partial charge in [-0.1, -0.05) is 149 Å². The number of rotatable bonds is 27. The minimum atomic E-state index is -4.48. The van der Waals surface area contributed by atoms with Crippen molar-refractivity contribution in [1.29, 1.82) is 0 Å². The summed E-state index contributed by atoms with van der Waals surface area (Å²) >= 11 is 0. The summed E-state index contributed by atoms with van der Waals surface area (Å²) in [5, 5.41) is 0. The Morgan fingerprint density at radius 3 is 1.03 bits per heavy atom. The molecule has 0 aromatic carbocycles. The monoisotopic (exact) mass is 651 g/mol. The smallest absolute Gasteiger partial charge is 1.00 e. The SMILES string of the molecule is CCCCCCCCCCCCCCCC[N+](C)(C)C.CCCCCCCCCCCCOS(=O)(=O)[O-].[Br-].[Na+]. The molecule has 0 spiro atoms. The molecule has 0 aliphatic rings. The summed E-state index contributed by atoms with van der Waals surface area (Å²) in [6.45, 7) is 5.87. The van der Waals surface area contributed by atoms with E-state index in [1.165, 1.54) is 141 Å². The molecule has 0 fully saturated rings. The maximum absolute atomic E-state index is 10.1. The van der Waals surface area contributed by atoms with Crippen molar-refractivity contribution in [3.05, 3.63) is 0 Å². The Morgan fingerprint density at radius 1 is 0.513 bits per heavy atom. The fraction of sp³-hybridized carbons (Fsp3) is 1.00. The number of hydrogen-bond acceptors (Lipinski definition) is 4. The number of unbranched alkanes of at least 4 members (excludes halogenated alkanes) is 22. The van der Waals surface area contributed by atoms with Crippen molar-refractivity contribution in [2.24, 2.45) is 0 Å². The van der Waals surface area contributed by atoms with Crippen molar-refractivity contribution in [3.63, 3.8) is 0 Å². The summed E-state index contributed by atoms with van der Waals surface area (Å²) in [6, 6.07) is 0. The van der Waals surface area contributed by atoms with Gasteiger partial charge in [-0.3, -0.25) is 4.18 Å². The Hall–Kier alpha value is 1.31. The minimum Gasteiger partial charge on any atom is -1.00 e. The van der Waals surface area contributed by atoms with Gasteiger partial charge in [0.25, 0.3) is 0 Å². The van der Waals surface area contributed by atoms with Crippen LogP contribution in [0.5, 0.6) is 0 Å². The summed E-state index contributed by atoms with van der Waals surface area (Å²) in [6.07, 6.45) is 32.1. The summed E-state index contributed by atoms with van der Waals surface area (Å²) in [5.74, 6) is 0. The largest absolute Gasteiger partial charge is 1.00 e. The van der Waals surface area contributed by atoms with Gasteiger partial charge in [-0.2, -0.15) is 0 Å². The van der Waals surface area contributed by atoms with E-state index >= 15 is 0 Å². The van der Waals surface area contributed by atoms with Crippen LogP contribution in [0.1, 0.15) is 168 Å². The standard InChI is InChI=1S/C19H42N.C12H26O4S.BrH.Na/c1-5-6-7-8-9-10-11-12-13-14-15-16-17-18-19-20(2,3)4;1-2-3-4-5-6-7-8-9-10-11-12-16-17(13,14)15;;/h5-19H2,1-4H3;2-12H2,1H3,(H,13,14,15);1H;/q+1;;;+1/p-2. The molecule has 0 aliphatic carbocycles. The number of halogens is 1. The maximum Gasteiger partial charge on any atom is 1.00 e. The van der Waals surface area contributed by atoms with Crippen molar-refractivity contribution in [2.45, 2.75) is 168 Å². The van der Waals surface area contributed by atoms with Crippen LogP contribution in [0.15, 0.2) is 0 Å². The molecule has 0 saturated carbocycles. The van der Waals surface area contributed by atoms with E-state index in [9.17, 15) is 13.0 Å². The molecule has 0 aliphatic heterocycles. The molecule has 234 valence electrons. The molecule has 0 N–H and O–H groups in total. The molecular formula is C31H67BrNNaO4S. The predicted molar refractivity (Wildman–Crippen MR) is 161 cm³/mol. The first kappa shape index (κ1) is 47.2. The van der Waals surface area contributed by atoms with E-state index in [2.05, 4.69) is 39.2 Å². The average Bonchev–Trinajstić information content (AvgIpc) is 2.82. The van der Waals surface area contributed by atoms with Gasteiger partial charge in [-0.25, -0.2) is 8.42 Å². The second-order valence-corrected chi connectivity index (χ2v) is 13.1. The minimum absolute atomic E-state index is 0. The van der Waals surface area contributed by atoms with Crippen molar-refractivity contribution < 1.29 is 68.2 Å². The number of quaternary nitrogens is 1. The molecule has 0 aromatic rings. The number of hydrogen-bond donors (Lipinski definition) is 0. The summed E-state index contributed by atoms with van der Waals surface area (Å²) < 4.78 is 35.6. The van der Waals surface area contributed by atoms with Crippen LogP contribution in [0.25, 0.3) is 0 Å². The third-order valence-electron chi connectivity index (χ3n) is 6.91. The van der Waals surface area contributed by atoms with Crippen LogP contribution >= 0.6 is 0 Å². The molecule has 0 rings (SSSR count). The predicted octanol–water partition coefficient (Wildman–Crippen LogP) is 3.57. The molecule has 0 radical (unpaired) electrons. The van der Waals surface area contributed by atoms with Crippen molar-refractivity contribution in [1.82, 2.24) is 0 Å². The van der Waals surface area contributed by atoms with Gasteiger partial charge in [0.1, 0.15) is 0 Å². The fourth-order valence-electron chi connectivity index (χ4n) is 4.53. The van der Waals surface area contributed by atoms with Crippen molar-refractivity contribution >= 4 is 10.4 Å². The van der Waals surface area contributed by atoms with Gasteiger partial charge >= 0.3 is 29.6 Å². The first-order valence-electron chi connectivity index (χ1n) is 16.0. The summed E-state index contributed by atoms with van der Waals surface area (Å²) in [5.41, 5.74) is 0.